The van der Waals surface area contributed by atoms with Crippen molar-refractivity contribution < 1.29 is 9.18 Å². The summed E-state index contributed by atoms with van der Waals surface area (Å²) in [6.07, 6.45) is 1.09. The van der Waals surface area contributed by atoms with Crippen LogP contribution in [0, 0.1) is 5.82 Å². The van der Waals surface area contributed by atoms with Crippen LogP contribution < -0.4 is 0 Å². The number of carbonyl (C=O) groups is 1. The number of halogens is 1. The molecule has 0 amide bonds. The van der Waals surface area contributed by atoms with Gasteiger partial charge in [-0.2, -0.15) is 0 Å². The van der Waals surface area contributed by atoms with E-state index in [1.165, 1.54) is 17.4 Å². The quantitative estimate of drug-likeness (QED) is 0.672. The molecule has 0 saturated carbocycles. The number of hydrogen-bond donors (Lipinski definition) is 0. The fraction of sp³-hybridized carbons (Fsp3) is 0.100. The van der Waals surface area contributed by atoms with Gasteiger partial charge >= 0.3 is 0 Å². The van der Waals surface area contributed by atoms with E-state index in [0.717, 1.165) is 16.5 Å². The van der Waals surface area contributed by atoms with Gasteiger partial charge in [-0.05, 0) is 23.1 Å². The summed E-state index contributed by atoms with van der Waals surface area (Å²) < 4.78 is 14.2. The second-order valence-electron chi connectivity index (χ2n) is 2.74. The van der Waals surface area contributed by atoms with Gasteiger partial charge in [0, 0.05) is 16.5 Å². The first-order valence-corrected chi connectivity index (χ1v) is 4.79. The molecule has 0 N–H and O–H groups in total. The fourth-order valence-electron chi connectivity index (χ4n) is 1.35. The number of carbonyl (C=O) groups excluding carboxylic acids is 1. The molecule has 0 aliphatic rings. The van der Waals surface area contributed by atoms with Crippen molar-refractivity contribution in [2.24, 2.45) is 0 Å². The zero-order valence-corrected chi connectivity index (χ0v) is 7.60. The second-order valence-corrected chi connectivity index (χ2v) is 3.66. The lowest BCUT2D eigenvalue weighted by Gasteiger charge is -1.94. The molecule has 1 nitrogen and oxygen atoms in total. The van der Waals surface area contributed by atoms with Crippen LogP contribution >= 0.6 is 11.3 Å². The molecular formula is C10H7FOS. The smallest absolute Gasteiger partial charge is 0.132 e. The molecule has 3 heteroatoms. The summed E-state index contributed by atoms with van der Waals surface area (Å²) in [6.45, 7) is 0. The van der Waals surface area contributed by atoms with Gasteiger partial charge in [0.2, 0.25) is 0 Å². The van der Waals surface area contributed by atoms with Crippen LogP contribution in [0.25, 0.3) is 10.1 Å². The number of aldehydes is 1. The van der Waals surface area contributed by atoms with Crippen molar-refractivity contribution in [3.05, 3.63) is 35.0 Å². The van der Waals surface area contributed by atoms with Crippen molar-refractivity contribution in [3.63, 3.8) is 0 Å². The lowest BCUT2D eigenvalue weighted by atomic mass is 10.1. The fourth-order valence-corrected chi connectivity index (χ4v) is 2.33. The minimum absolute atomic E-state index is 0.240. The first-order valence-electron chi connectivity index (χ1n) is 3.91. The zero-order valence-electron chi connectivity index (χ0n) is 6.79. The van der Waals surface area contributed by atoms with Crippen molar-refractivity contribution in [3.8, 4) is 0 Å². The molecule has 0 aliphatic heterocycles. The summed E-state index contributed by atoms with van der Waals surface area (Å²) in [5.74, 6) is -0.240. The SMILES string of the molecule is O=CCc1csc2cccc(F)c12. The molecular weight excluding hydrogens is 187 g/mol. The molecule has 1 aromatic heterocycles. The van der Waals surface area contributed by atoms with E-state index in [4.69, 9.17) is 0 Å². The lowest BCUT2D eigenvalue weighted by molar-refractivity contribution is -0.107. The molecule has 1 aromatic carbocycles. The molecule has 0 radical (unpaired) electrons. The zero-order chi connectivity index (χ0) is 9.26. The van der Waals surface area contributed by atoms with E-state index in [2.05, 4.69) is 0 Å². The third-order valence-electron chi connectivity index (χ3n) is 1.93. The summed E-state index contributed by atoms with van der Waals surface area (Å²) in [6, 6.07) is 4.96. The molecule has 2 rings (SSSR count). The van der Waals surface area contributed by atoms with E-state index in [1.54, 1.807) is 6.07 Å². The van der Waals surface area contributed by atoms with Gasteiger partial charge in [-0.3, -0.25) is 0 Å². The third kappa shape index (κ3) is 1.35. The van der Waals surface area contributed by atoms with Gasteiger partial charge in [-0.15, -0.1) is 11.3 Å². The molecule has 0 atom stereocenters. The first-order chi connectivity index (χ1) is 6.33. The van der Waals surface area contributed by atoms with Crippen LogP contribution in [0.15, 0.2) is 23.6 Å². The van der Waals surface area contributed by atoms with Crippen LogP contribution in [0.1, 0.15) is 5.56 Å². The molecule has 1 heterocycles. The maximum atomic E-state index is 13.3. The third-order valence-corrected chi connectivity index (χ3v) is 2.92. The number of thiophene rings is 1. The van der Waals surface area contributed by atoms with Gasteiger partial charge in [0.05, 0.1) is 0 Å². The first kappa shape index (κ1) is 8.38. The summed E-state index contributed by atoms with van der Waals surface area (Å²) in [5.41, 5.74) is 0.785. The van der Waals surface area contributed by atoms with Crippen molar-refractivity contribution in [1.29, 1.82) is 0 Å². The summed E-state index contributed by atoms with van der Waals surface area (Å²) in [7, 11) is 0. The molecule has 0 fully saturated rings. The Morgan fingerprint density at radius 1 is 1.46 bits per heavy atom. The van der Waals surface area contributed by atoms with E-state index in [1.807, 2.05) is 11.4 Å². The molecule has 0 spiro atoms. The highest BCUT2D eigenvalue weighted by molar-refractivity contribution is 7.17. The molecule has 0 aliphatic carbocycles. The second kappa shape index (κ2) is 3.26. The largest absolute Gasteiger partial charge is 0.303 e. The number of benzene rings is 1. The Morgan fingerprint density at radius 3 is 3.08 bits per heavy atom. The number of fused-ring (bicyclic) bond motifs is 1. The topological polar surface area (TPSA) is 17.1 Å². The van der Waals surface area contributed by atoms with Crippen LogP contribution in [0.2, 0.25) is 0 Å². The monoisotopic (exact) mass is 194 g/mol. The van der Waals surface area contributed by atoms with Gasteiger partial charge in [0.25, 0.3) is 0 Å². The van der Waals surface area contributed by atoms with Crippen molar-refractivity contribution in [2.75, 3.05) is 0 Å². The van der Waals surface area contributed by atoms with E-state index in [9.17, 15) is 9.18 Å². The standard InChI is InChI=1S/C10H7FOS/c11-8-2-1-3-9-10(8)7(4-5-12)6-13-9/h1-3,5-6H,4H2. The Labute approximate surface area is 78.8 Å². The van der Waals surface area contributed by atoms with Crippen LogP contribution in [-0.2, 0) is 11.2 Å². The predicted molar refractivity (Wildman–Crippen MR) is 51.6 cm³/mol. The predicted octanol–water partition coefficient (Wildman–Crippen LogP) is 2.78. The maximum absolute atomic E-state index is 13.3. The van der Waals surface area contributed by atoms with Crippen molar-refractivity contribution in [2.45, 2.75) is 6.42 Å². The van der Waals surface area contributed by atoms with E-state index in [0.29, 0.717) is 11.8 Å². The summed E-state index contributed by atoms with van der Waals surface area (Å²) >= 11 is 1.47. The highest BCUT2D eigenvalue weighted by Crippen LogP contribution is 2.28. The van der Waals surface area contributed by atoms with E-state index in [-0.39, 0.29) is 5.82 Å². The Morgan fingerprint density at radius 2 is 2.31 bits per heavy atom. The molecule has 13 heavy (non-hydrogen) atoms. The lowest BCUT2D eigenvalue weighted by Crippen LogP contribution is -1.84. The minimum Gasteiger partial charge on any atom is -0.303 e. The van der Waals surface area contributed by atoms with E-state index >= 15 is 0 Å². The van der Waals surface area contributed by atoms with Gasteiger partial charge in [0.1, 0.15) is 12.1 Å². The van der Waals surface area contributed by atoms with Crippen molar-refractivity contribution in [1.82, 2.24) is 0 Å². The van der Waals surface area contributed by atoms with Crippen molar-refractivity contribution >= 4 is 27.7 Å². The van der Waals surface area contributed by atoms with Gasteiger partial charge in [-0.1, -0.05) is 6.07 Å². The molecule has 66 valence electrons. The Bertz CT molecular complexity index is 447. The molecule has 0 saturated heterocycles. The average Bonchev–Trinajstić information content (AvgIpc) is 2.51. The van der Waals surface area contributed by atoms with Gasteiger partial charge in [0.15, 0.2) is 0 Å². The van der Waals surface area contributed by atoms with E-state index < -0.39 is 0 Å². The van der Waals surface area contributed by atoms with Crippen LogP contribution in [-0.4, -0.2) is 6.29 Å². The minimum atomic E-state index is -0.240. The molecule has 2 aromatic rings. The summed E-state index contributed by atoms with van der Waals surface area (Å²) in [4.78, 5) is 10.3. The normalized spacial score (nSPS) is 10.5. The molecule has 0 bridgehead atoms. The highest BCUT2D eigenvalue weighted by atomic mass is 32.1. The van der Waals surface area contributed by atoms with Gasteiger partial charge in [-0.25, -0.2) is 4.39 Å². The Balaban J connectivity index is 2.70. The average molecular weight is 194 g/mol. The Hall–Kier alpha value is -1.22. The molecule has 0 unspecified atom stereocenters. The van der Waals surface area contributed by atoms with Crippen LogP contribution in [0.4, 0.5) is 4.39 Å². The maximum Gasteiger partial charge on any atom is 0.132 e. The number of hydrogen-bond acceptors (Lipinski definition) is 2. The number of rotatable bonds is 2. The van der Waals surface area contributed by atoms with Gasteiger partial charge < -0.3 is 4.79 Å². The van der Waals surface area contributed by atoms with Crippen LogP contribution in [0.5, 0.6) is 0 Å². The van der Waals surface area contributed by atoms with Crippen LogP contribution in [0.3, 0.4) is 0 Å². The highest BCUT2D eigenvalue weighted by Gasteiger charge is 2.07. The summed E-state index contributed by atoms with van der Waals surface area (Å²) in [5, 5.41) is 2.43. The Kier molecular flexibility index (Phi) is 2.10.